The second-order valence-electron chi connectivity index (χ2n) is 5.49. The molecular weight excluding hydrogens is 258 g/mol. The van der Waals surface area contributed by atoms with Crippen LogP contribution in [-0.2, 0) is 19.1 Å². The van der Waals surface area contributed by atoms with Crippen LogP contribution in [0, 0.1) is 0 Å². The molecule has 0 aromatic heterocycles. The third-order valence-corrected chi connectivity index (χ3v) is 3.58. The van der Waals surface area contributed by atoms with Gasteiger partial charge in [0.25, 0.3) is 0 Å². The number of ether oxygens (including phenoxy) is 2. The third-order valence-electron chi connectivity index (χ3n) is 3.58. The summed E-state index contributed by atoms with van der Waals surface area (Å²) in [6, 6.07) is 0. The lowest BCUT2D eigenvalue weighted by atomic mass is 10.2. The highest BCUT2D eigenvalue weighted by atomic mass is 16.5. The van der Waals surface area contributed by atoms with E-state index in [0.717, 1.165) is 39.1 Å². The molecule has 1 aliphatic heterocycles. The molecule has 1 heterocycles. The normalized spacial score (nSPS) is 16.1. The first-order valence-electron chi connectivity index (χ1n) is 7.65. The lowest BCUT2D eigenvalue weighted by Crippen LogP contribution is -2.35. The van der Waals surface area contributed by atoms with E-state index in [4.69, 9.17) is 9.47 Å². The minimum Gasteiger partial charge on any atom is -0.379 e. The zero-order valence-corrected chi connectivity index (χ0v) is 12.9. The molecule has 0 unspecified atom stereocenters. The summed E-state index contributed by atoms with van der Waals surface area (Å²) in [5.41, 5.74) is 0. The summed E-state index contributed by atoms with van der Waals surface area (Å²) in [6.45, 7) is 9.04. The second kappa shape index (κ2) is 9.21. The van der Waals surface area contributed by atoms with Gasteiger partial charge in [-0.1, -0.05) is 6.92 Å². The smallest absolute Gasteiger partial charge is 0.314 e. The van der Waals surface area contributed by atoms with Crippen molar-refractivity contribution in [3.8, 4) is 0 Å². The summed E-state index contributed by atoms with van der Waals surface area (Å²) >= 11 is 0. The maximum Gasteiger partial charge on any atom is 0.314 e. The molecule has 116 valence electrons. The number of rotatable bonds is 12. The van der Waals surface area contributed by atoms with Crippen molar-refractivity contribution < 1.29 is 23.5 Å². The number of quaternary nitrogens is 1. The van der Waals surface area contributed by atoms with Crippen LogP contribution in [0.3, 0.4) is 0 Å². The minimum atomic E-state index is 0.0914. The summed E-state index contributed by atoms with van der Waals surface area (Å²) in [5, 5.41) is 0. The molecule has 1 fully saturated rings. The highest BCUT2D eigenvalue weighted by molar-refractivity contribution is 5.81. The highest BCUT2D eigenvalue weighted by Gasteiger charge is 2.48. The number of hydrogen-bond acceptors (Lipinski definition) is 4. The molecule has 0 aliphatic carbocycles. The largest absolute Gasteiger partial charge is 0.379 e. The Bertz CT molecular complexity index is 313. The van der Waals surface area contributed by atoms with E-state index in [1.165, 1.54) is 6.92 Å². The van der Waals surface area contributed by atoms with Gasteiger partial charge in [-0.05, 0) is 13.3 Å². The van der Waals surface area contributed by atoms with Gasteiger partial charge >= 0.3 is 5.91 Å². The Hall–Kier alpha value is -0.780. The molecule has 1 amide bonds. The number of carbonyl (C=O) groups is 2. The summed E-state index contributed by atoms with van der Waals surface area (Å²) in [4.78, 5) is 22.9. The Balaban J connectivity index is 2.03. The zero-order valence-electron chi connectivity index (χ0n) is 12.9. The van der Waals surface area contributed by atoms with Crippen molar-refractivity contribution in [1.29, 1.82) is 0 Å². The first-order valence-corrected chi connectivity index (χ1v) is 7.65. The molecule has 0 N–H and O–H groups in total. The number of hydrogen-bond donors (Lipinski definition) is 0. The van der Waals surface area contributed by atoms with Crippen molar-refractivity contribution in [2.45, 2.75) is 39.5 Å². The van der Waals surface area contributed by atoms with Crippen LogP contribution in [-0.4, -0.2) is 62.2 Å². The summed E-state index contributed by atoms with van der Waals surface area (Å²) in [7, 11) is 0. The summed E-state index contributed by atoms with van der Waals surface area (Å²) < 4.78 is 11.4. The lowest BCUT2D eigenvalue weighted by Gasteiger charge is -2.15. The fraction of sp³-hybridized carbons (Fsp3) is 0.867. The Morgan fingerprint density at radius 2 is 1.65 bits per heavy atom. The number of amides is 1. The van der Waals surface area contributed by atoms with Gasteiger partial charge in [-0.3, -0.25) is 4.48 Å². The van der Waals surface area contributed by atoms with Crippen LogP contribution in [0.15, 0.2) is 0 Å². The van der Waals surface area contributed by atoms with Gasteiger partial charge in [0.05, 0.1) is 32.8 Å². The van der Waals surface area contributed by atoms with Crippen LogP contribution in [0.4, 0.5) is 0 Å². The molecule has 5 heteroatoms. The predicted molar refractivity (Wildman–Crippen MR) is 76.3 cm³/mol. The van der Waals surface area contributed by atoms with Crippen LogP contribution < -0.4 is 0 Å². The van der Waals surface area contributed by atoms with Crippen LogP contribution in [0.25, 0.3) is 0 Å². The van der Waals surface area contributed by atoms with Crippen molar-refractivity contribution in [2.24, 2.45) is 0 Å². The van der Waals surface area contributed by atoms with Gasteiger partial charge in [0.1, 0.15) is 18.9 Å². The highest BCUT2D eigenvalue weighted by Crippen LogP contribution is 2.24. The minimum absolute atomic E-state index is 0.0914. The van der Waals surface area contributed by atoms with E-state index in [9.17, 15) is 9.59 Å². The van der Waals surface area contributed by atoms with Crippen LogP contribution in [0.2, 0.25) is 0 Å². The van der Waals surface area contributed by atoms with Crippen molar-refractivity contribution in [1.82, 2.24) is 0 Å². The molecule has 1 saturated heterocycles. The average Bonchev–Trinajstić information content (AvgIpc) is 3.20. The van der Waals surface area contributed by atoms with Gasteiger partial charge < -0.3 is 14.3 Å². The van der Waals surface area contributed by atoms with Gasteiger partial charge in [-0.15, -0.1) is 0 Å². The number of nitrogens with zero attached hydrogens (tertiary/aromatic N) is 1. The SMILES string of the molecule is CCCOCCOCCC[N+]1(C(=O)CCC(C)=O)CC1. The van der Waals surface area contributed by atoms with Gasteiger partial charge in [0.15, 0.2) is 0 Å². The molecule has 20 heavy (non-hydrogen) atoms. The molecule has 1 rings (SSSR count). The molecule has 0 atom stereocenters. The summed E-state index contributed by atoms with van der Waals surface area (Å²) in [6.07, 6.45) is 2.69. The molecule has 0 radical (unpaired) electrons. The molecule has 0 aromatic rings. The monoisotopic (exact) mass is 286 g/mol. The van der Waals surface area contributed by atoms with E-state index in [0.29, 0.717) is 37.1 Å². The predicted octanol–water partition coefficient (Wildman–Crippen LogP) is 1.55. The molecule has 1 aliphatic rings. The van der Waals surface area contributed by atoms with Gasteiger partial charge in [-0.2, -0.15) is 0 Å². The Kier molecular flexibility index (Phi) is 7.95. The van der Waals surface area contributed by atoms with Crippen molar-refractivity contribution in [2.75, 3.05) is 46.1 Å². The van der Waals surface area contributed by atoms with Gasteiger partial charge in [-0.25, -0.2) is 4.79 Å². The Morgan fingerprint density at radius 3 is 2.20 bits per heavy atom. The Labute approximate surface area is 121 Å². The fourth-order valence-corrected chi connectivity index (χ4v) is 2.17. The second-order valence-corrected chi connectivity index (χ2v) is 5.49. The molecule has 0 spiro atoms. The molecule has 0 saturated carbocycles. The van der Waals surface area contributed by atoms with E-state index in [1.807, 2.05) is 0 Å². The van der Waals surface area contributed by atoms with Gasteiger partial charge in [0, 0.05) is 19.4 Å². The number of carbonyl (C=O) groups excluding carboxylic acids is 2. The Morgan fingerprint density at radius 1 is 1.00 bits per heavy atom. The first kappa shape index (κ1) is 17.3. The molecule has 5 nitrogen and oxygen atoms in total. The van der Waals surface area contributed by atoms with Crippen LogP contribution in [0.1, 0.15) is 39.5 Å². The number of Topliss-reactive ketones (excluding diaryl/α,β-unsaturated/α-hetero) is 1. The molecular formula is C15H28NO4+. The maximum absolute atomic E-state index is 12.0. The first-order chi connectivity index (χ1) is 9.60. The maximum atomic E-state index is 12.0. The van der Waals surface area contributed by atoms with E-state index < -0.39 is 0 Å². The standard InChI is InChI=1S/C15H28NO4/c1-3-10-19-12-13-20-11-4-7-16(8-9-16)15(18)6-5-14(2)17/h3-13H2,1-2H3/q+1. The van der Waals surface area contributed by atoms with Crippen LogP contribution >= 0.6 is 0 Å². The lowest BCUT2D eigenvalue weighted by molar-refractivity contribution is -0.719. The van der Waals surface area contributed by atoms with E-state index in [2.05, 4.69) is 6.92 Å². The average molecular weight is 286 g/mol. The third kappa shape index (κ3) is 6.59. The quantitative estimate of drug-likeness (QED) is 0.310. The number of ketones is 1. The van der Waals surface area contributed by atoms with E-state index >= 15 is 0 Å². The zero-order chi connectivity index (χ0) is 14.8. The van der Waals surface area contributed by atoms with Crippen molar-refractivity contribution >= 4 is 11.7 Å². The van der Waals surface area contributed by atoms with E-state index in [1.54, 1.807) is 0 Å². The van der Waals surface area contributed by atoms with Crippen molar-refractivity contribution in [3.05, 3.63) is 0 Å². The topological polar surface area (TPSA) is 52.6 Å². The molecule has 0 bridgehead atoms. The van der Waals surface area contributed by atoms with E-state index in [-0.39, 0.29) is 11.7 Å². The molecule has 0 aromatic carbocycles. The van der Waals surface area contributed by atoms with Gasteiger partial charge in [0.2, 0.25) is 0 Å². The van der Waals surface area contributed by atoms with Crippen LogP contribution in [0.5, 0.6) is 0 Å². The van der Waals surface area contributed by atoms with Crippen molar-refractivity contribution in [3.63, 3.8) is 0 Å². The fourth-order valence-electron chi connectivity index (χ4n) is 2.17. The summed E-state index contributed by atoms with van der Waals surface area (Å²) in [5.74, 6) is 0.306.